The second-order valence-electron chi connectivity index (χ2n) is 16.5. The van der Waals surface area contributed by atoms with Gasteiger partial charge in [0.1, 0.15) is 0 Å². The molecular formula is C40H60FeP2Si2-6. The van der Waals surface area contributed by atoms with Crippen LogP contribution in [0.15, 0.2) is 84.9 Å². The van der Waals surface area contributed by atoms with Crippen LogP contribution in [0, 0.1) is 13.8 Å². The van der Waals surface area contributed by atoms with Crippen LogP contribution in [-0.2, 0) is 29.4 Å². The van der Waals surface area contributed by atoms with Crippen LogP contribution in [-0.4, -0.2) is 26.5 Å². The van der Waals surface area contributed by atoms with Crippen LogP contribution in [0.2, 0.25) is 39.3 Å². The molecule has 0 amide bonds. The van der Waals surface area contributed by atoms with Crippen molar-refractivity contribution in [3.8, 4) is 0 Å². The molecule has 0 saturated carbocycles. The predicted molar refractivity (Wildman–Crippen MR) is 212 cm³/mol. The van der Waals surface area contributed by atoms with Crippen molar-refractivity contribution in [1.82, 2.24) is 0 Å². The predicted octanol–water partition coefficient (Wildman–Crippen LogP) is 10.7. The Labute approximate surface area is 293 Å². The van der Waals surface area contributed by atoms with Gasteiger partial charge >= 0.3 is 0 Å². The molecule has 5 heteroatoms. The summed E-state index contributed by atoms with van der Waals surface area (Å²) < 4.78 is 0. The van der Waals surface area contributed by atoms with Crippen molar-refractivity contribution < 1.29 is 17.1 Å². The van der Waals surface area contributed by atoms with E-state index in [0.29, 0.717) is 10.3 Å². The molecular weight excluding hydrogens is 654 g/mol. The monoisotopic (exact) mass is 714 g/mol. The SMILES string of the molecule is Cc1ccccc1P(C[c-]1cc([Si](C)(C)C)c([Si](C)(C)C)c1CP(C(C)(C)C)C(C)(C)C)c1ccccc1C.[Fe].[cH-]1[cH-][cH-][cH-][cH-]1. The average Bonchev–Trinajstić information content (AvgIpc) is 3.57. The third kappa shape index (κ3) is 10.7. The molecule has 0 unspecified atom stereocenters. The summed E-state index contributed by atoms with van der Waals surface area (Å²) in [6.45, 7) is 35.1. The number of aryl methyl sites for hydroxylation is 2. The first-order valence-electron chi connectivity index (χ1n) is 16.4. The van der Waals surface area contributed by atoms with E-state index in [1.807, 2.05) is 35.5 Å². The number of hydrogen-bond acceptors (Lipinski definition) is 0. The van der Waals surface area contributed by atoms with Gasteiger partial charge < -0.3 is 30.3 Å². The van der Waals surface area contributed by atoms with E-state index in [-0.39, 0.29) is 25.0 Å². The molecule has 0 aliphatic heterocycles. The van der Waals surface area contributed by atoms with Gasteiger partial charge in [-0.05, 0) is 58.2 Å². The molecule has 0 atom stereocenters. The maximum atomic E-state index is 2.74. The molecule has 0 radical (unpaired) electrons. The molecule has 0 spiro atoms. The van der Waals surface area contributed by atoms with Gasteiger partial charge in [-0.2, -0.15) is 16.8 Å². The summed E-state index contributed by atoms with van der Waals surface area (Å²) >= 11 is 0. The summed E-state index contributed by atoms with van der Waals surface area (Å²) in [5.74, 6) is 0. The first-order valence-corrected chi connectivity index (χ1v) is 26.4. The fraction of sp³-hybridized carbons (Fsp3) is 0.450. The van der Waals surface area contributed by atoms with E-state index in [9.17, 15) is 0 Å². The smallest absolute Gasteiger partial charge is 0.00427 e. The van der Waals surface area contributed by atoms with Crippen LogP contribution >= 0.6 is 15.8 Å². The standard InChI is InChI=1S/C35H55P2Si2.C5H5.Fe/c1-26-19-15-17-21-30(26)36(31-22-18-16-20-27(31)2)24-28-23-32(38(9,10)11)33(39(12,13)14)29(28)25-37(34(3,4)5)35(6,7)8;1-2-4-5-3-1;/h15-23H,24-25H2,1-14H3;1-5H;/q-1;-5;. The van der Waals surface area contributed by atoms with Gasteiger partial charge in [-0.3, -0.25) is 0 Å². The fourth-order valence-corrected chi connectivity index (χ4v) is 18.9. The minimum absolute atomic E-state index is 0. The molecule has 0 nitrogen and oxygen atoms in total. The number of hydrogen-bond donors (Lipinski definition) is 0. The molecule has 0 bridgehead atoms. The Kier molecular flexibility index (Phi) is 14.2. The molecule has 0 N–H and O–H groups in total. The fourth-order valence-electron chi connectivity index (χ4n) is 6.59. The second kappa shape index (κ2) is 15.9. The molecule has 4 aromatic carbocycles. The Bertz CT molecular complexity index is 1400. The average molecular weight is 715 g/mol. The van der Waals surface area contributed by atoms with Gasteiger partial charge in [0.05, 0.1) is 0 Å². The van der Waals surface area contributed by atoms with Crippen molar-refractivity contribution in [2.24, 2.45) is 0 Å². The number of benzene rings is 2. The van der Waals surface area contributed by atoms with Gasteiger partial charge in [-0.25, -0.2) is 5.19 Å². The molecule has 45 heavy (non-hydrogen) atoms. The minimum Gasteiger partial charge on any atom is -0.748 e. The van der Waals surface area contributed by atoms with Crippen LogP contribution in [0.3, 0.4) is 0 Å². The molecule has 252 valence electrons. The first kappa shape index (κ1) is 40.1. The quantitative estimate of drug-likeness (QED) is 0.0969. The summed E-state index contributed by atoms with van der Waals surface area (Å²) in [7, 11) is -3.82. The van der Waals surface area contributed by atoms with Crippen molar-refractivity contribution in [3.05, 3.63) is 107 Å². The zero-order valence-electron chi connectivity index (χ0n) is 30.7. The van der Waals surface area contributed by atoms with Crippen LogP contribution < -0.4 is 21.0 Å². The maximum absolute atomic E-state index is 2.74. The van der Waals surface area contributed by atoms with Gasteiger partial charge in [0, 0.05) is 33.2 Å². The molecule has 0 heterocycles. The van der Waals surface area contributed by atoms with E-state index in [1.165, 1.54) is 17.3 Å². The van der Waals surface area contributed by atoms with Crippen molar-refractivity contribution in [2.45, 2.75) is 117 Å². The largest absolute Gasteiger partial charge is 0.748 e. The van der Waals surface area contributed by atoms with Gasteiger partial charge in [-0.1, -0.05) is 145 Å². The van der Waals surface area contributed by atoms with Crippen molar-refractivity contribution in [2.75, 3.05) is 0 Å². The Morgan fingerprint density at radius 3 is 1.38 bits per heavy atom. The van der Waals surface area contributed by atoms with Crippen LogP contribution in [0.4, 0.5) is 0 Å². The molecule has 0 saturated heterocycles. The molecule has 0 aliphatic carbocycles. The summed E-state index contributed by atoms with van der Waals surface area (Å²) in [4.78, 5) is 0. The zero-order valence-corrected chi connectivity index (χ0v) is 35.6. The molecule has 0 aliphatic rings. The molecule has 4 rings (SSSR count). The van der Waals surface area contributed by atoms with Crippen LogP contribution in [0.5, 0.6) is 0 Å². The topological polar surface area (TPSA) is 0 Å². The van der Waals surface area contributed by atoms with Gasteiger partial charge in [0.15, 0.2) is 0 Å². The van der Waals surface area contributed by atoms with E-state index in [1.54, 1.807) is 26.9 Å². The Balaban J connectivity index is 0.00000107. The second-order valence-corrected chi connectivity index (χ2v) is 32.5. The van der Waals surface area contributed by atoms with Crippen molar-refractivity contribution >= 4 is 53.0 Å². The molecule has 0 fully saturated rings. The van der Waals surface area contributed by atoms with Gasteiger partial charge in [0.2, 0.25) is 0 Å². The third-order valence-electron chi connectivity index (χ3n) is 8.47. The molecule has 4 aromatic rings. The van der Waals surface area contributed by atoms with E-state index in [2.05, 4.69) is 149 Å². The van der Waals surface area contributed by atoms with E-state index in [0.717, 1.165) is 6.16 Å². The normalized spacial score (nSPS) is 12.6. The number of rotatable bonds is 8. The van der Waals surface area contributed by atoms with Crippen molar-refractivity contribution in [1.29, 1.82) is 0 Å². The molecule has 0 aromatic heterocycles. The maximum Gasteiger partial charge on any atom is 0.00427 e. The summed E-state index contributed by atoms with van der Waals surface area (Å²) in [6.07, 6.45) is 2.41. The summed E-state index contributed by atoms with van der Waals surface area (Å²) in [5.41, 5.74) is 6.30. The first-order chi connectivity index (χ1) is 20.2. The van der Waals surface area contributed by atoms with Crippen LogP contribution in [0.25, 0.3) is 0 Å². The Hall–Kier alpha value is -1.05. The summed E-state index contributed by atoms with van der Waals surface area (Å²) in [5, 5.41) is 7.30. The van der Waals surface area contributed by atoms with E-state index < -0.39 is 24.1 Å². The minimum atomic E-state index is -1.58. The van der Waals surface area contributed by atoms with Gasteiger partial charge in [0.25, 0.3) is 0 Å². The van der Waals surface area contributed by atoms with Crippen LogP contribution in [0.1, 0.15) is 63.8 Å². The summed E-state index contributed by atoms with van der Waals surface area (Å²) in [6, 6.07) is 31.1. The zero-order chi connectivity index (χ0) is 33.1. The Morgan fingerprint density at radius 2 is 1.04 bits per heavy atom. The van der Waals surface area contributed by atoms with E-state index in [4.69, 9.17) is 0 Å². The van der Waals surface area contributed by atoms with Crippen molar-refractivity contribution in [3.63, 3.8) is 0 Å². The third-order valence-corrected chi connectivity index (χ3v) is 19.5. The van der Waals surface area contributed by atoms with Gasteiger partial charge in [-0.15, -0.1) is 5.56 Å². The van der Waals surface area contributed by atoms with E-state index >= 15 is 0 Å². The Morgan fingerprint density at radius 1 is 0.644 bits per heavy atom.